The number of ether oxygens (including phenoxy) is 1. The van der Waals surface area contributed by atoms with Crippen LogP contribution in [-0.2, 0) is 10.6 Å². The number of nitrogens with zero attached hydrogens (tertiary/aromatic N) is 1. The second kappa shape index (κ2) is 4.23. The monoisotopic (exact) mass is 276 g/mol. The molecule has 0 saturated carbocycles. The van der Waals surface area contributed by atoms with Crippen LogP contribution in [0.15, 0.2) is 21.9 Å². The van der Waals surface area contributed by atoms with Crippen molar-refractivity contribution in [1.29, 1.82) is 0 Å². The lowest BCUT2D eigenvalue weighted by atomic mass is 10.1. The Hall–Kier alpha value is -1.56. The van der Waals surface area contributed by atoms with Crippen LogP contribution in [0.3, 0.4) is 0 Å². The third-order valence-electron chi connectivity index (χ3n) is 2.89. The molecule has 3 atom stereocenters. The van der Waals surface area contributed by atoms with Gasteiger partial charge in [0, 0.05) is 12.3 Å². The van der Waals surface area contributed by atoms with E-state index in [9.17, 15) is 30.0 Å². The van der Waals surface area contributed by atoms with E-state index >= 15 is 0 Å². The zero-order chi connectivity index (χ0) is 14.4. The molecule has 2 heterocycles. The van der Waals surface area contributed by atoms with Gasteiger partial charge in [-0.3, -0.25) is 9.78 Å². The van der Waals surface area contributed by atoms with Crippen LogP contribution < -0.4 is 11.2 Å². The van der Waals surface area contributed by atoms with Crippen LogP contribution in [-0.4, -0.2) is 59.7 Å². The number of H-pyrrole nitrogens is 1. The Balaban J connectivity index is 2.59. The highest BCUT2D eigenvalue weighted by atomic mass is 16.7. The number of aliphatic hydroxyl groups excluding tert-OH is 2. The number of rotatable bonds is 2. The van der Waals surface area contributed by atoms with Gasteiger partial charge in [0.25, 0.3) is 11.3 Å². The van der Waals surface area contributed by atoms with Gasteiger partial charge in [0.05, 0.1) is 6.61 Å². The fourth-order valence-electron chi connectivity index (χ4n) is 1.84. The predicted molar refractivity (Wildman–Crippen MR) is 56.6 cm³/mol. The lowest BCUT2D eigenvalue weighted by molar-refractivity contribution is -0.390. The molecule has 106 valence electrons. The summed E-state index contributed by atoms with van der Waals surface area (Å²) in [4.78, 5) is 24.2. The zero-order valence-electron chi connectivity index (χ0n) is 9.42. The summed E-state index contributed by atoms with van der Waals surface area (Å²) in [6.07, 6.45) is -2.84. The SMILES string of the molecule is O=c1ccn([C@]2(O)O[C@H](CO)[C@@H](O)C2(O)O)c(=O)[nH]1. The number of aromatic amines is 1. The van der Waals surface area contributed by atoms with Gasteiger partial charge in [-0.2, -0.15) is 0 Å². The van der Waals surface area contributed by atoms with E-state index in [1.165, 1.54) is 0 Å². The van der Waals surface area contributed by atoms with Crippen molar-refractivity contribution in [2.75, 3.05) is 6.61 Å². The maximum absolute atomic E-state index is 11.5. The summed E-state index contributed by atoms with van der Waals surface area (Å²) in [6, 6.07) is 0.831. The third kappa shape index (κ3) is 1.82. The molecule has 0 aliphatic carbocycles. The average Bonchev–Trinajstić information content (AvgIpc) is 2.50. The van der Waals surface area contributed by atoms with Crippen LogP contribution in [0, 0.1) is 0 Å². The molecule has 6 N–H and O–H groups in total. The van der Waals surface area contributed by atoms with Gasteiger partial charge in [-0.05, 0) is 0 Å². The van der Waals surface area contributed by atoms with Crippen LogP contribution in [0.4, 0.5) is 0 Å². The summed E-state index contributed by atoms with van der Waals surface area (Å²) in [5.41, 5.74) is -1.96. The largest absolute Gasteiger partial charge is 0.394 e. The van der Waals surface area contributed by atoms with Gasteiger partial charge in [-0.15, -0.1) is 0 Å². The van der Waals surface area contributed by atoms with E-state index in [1.807, 2.05) is 0 Å². The Morgan fingerprint density at radius 1 is 1.37 bits per heavy atom. The third-order valence-corrected chi connectivity index (χ3v) is 2.89. The standard InChI is InChI=1S/C9H12N2O8/c12-3-4-6(14)8(16,17)9(18,19-4)11-2-1-5(13)10-7(11)15/h1-2,4,6,12,14,16-18H,3H2,(H,10,13,15)/t4-,6-,9-/m1/s1. The Morgan fingerprint density at radius 2 is 2.00 bits per heavy atom. The van der Waals surface area contributed by atoms with Crippen molar-refractivity contribution in [1.82, 2.24) is 9.55 Å². The van der Waals surface area contributed by atoms with Gasteiger partial charge in [0.2, 0.25) is 0 Å². The van der Waals surface area contributed by atoms with E-state index in [0.29, 0.717) is 0 Å². The lowest BCUT2D eigenvalue weighted by Gasteiger charge is -2.33. The fourth-order valence-corrected chi connectivity index (χ4v) is 1.84. The first kappa shape index (κ1) is 13.9. The molecule has 1 saturated heterocycles. The number of aliphatic hydroxyl groups is 5. The second-order valence-electron chi connectivity index (χ2n) is 4.10. The minimum atomic E-state index is -3.26. The molecule has 0 unspecified atom stereocenters. The highest BCUT2D eigenvalue weighted by Gasteiger charge is 2.66. The number of hydrogen-bond donors (Lipinski definition) is 6. The summed E-state index contributed by atoms with van der Waals surface area (Å²) in [7, 11) is 0. The van der Waals surface area contributed by atoms with E-state index < -0.39 is 41.8 Å². The minimum absolute atomic E-state index is 0.285. The first-order chi connectivity index (χ1) is 8.74. The second-order valence-corrected chi connectivity index (χ2v) is 4.10. The lowest BCUT2D eigenvalue weighted by Crippen LogP contribution is -2.60. The van der Waals surface area contributed by atoms with Crippen molar-refractivity contribution in [2.24, 2.45) is 0 Å². The zero-order valence-corrected chi connectivity index (χ0v) is 9.42. The van der Waals surface area contributed by atoms with Crippen molar-refractivity contribution in [3.8, 4) is 0 Å². The van der Waals surface area contributed by atoms with Crippen molar-refractivity contribution >= 4 is 0 Å². The summed E-state index contributed by atoms with van der Waals surface area (Å²) in [5.74, 6) is -6.32. The van der Waals surface area contributed by atoms with E-state index in [2.05, 4.69) is 0 Å². The molecule has 0 spiro atoms. The van der Waals surface area contributed by atoms with Crippen LogP contribution >= 0.6 is 0 Å². The van der Waals surface area contributed by atoms with Crippen molar-refractivity contribution in [3.63, 3.8) is 0 Å². The van der Waals surface area contributed by atoms with Crippen molar-refractivity contribution in [2.45, 2.75) is 23.9 Å². The molecule has 1 fully saturated rings. The smallest absolute Gasteiger partial charge is 0.332 e. The molecule has 0 aromatic carbocycles. The molecule has 1 aliphatic heterocycles. The van der Waals surface area contributed by atoms with Crippen LogP contribution in [0.1, 0.15) is 0 Å². The molecule has 0 bridgehead atoms. The van der Waals surface area contributed by atoms with Crippen molar-refractivity contribution < 1.29 is 30.3 Å². The Morgan fingerprint density at radius 3 is 2.47 bits per heavy atom. The molecule has 1 aromatic rings. The number of aromatic nitrogens is 2. The van der Waals surface area contributed by atoms with Gasteiger partial charge in [-0.25, -0.2) is 9.36 Å². The maximum Gasteiger partial charge on any atom is 0.332 e. The highest BCUT2D eigenvalue weighted by molar-refractivity contribution is 5.00. The average molecular weight is 276 g/mol. The molecular weight excluding hydrogens is 264 g/mol. The molecule has 0 amide bonds. The maximum atomic E-state index is 11.5. The number of nitrogens with one attached hydrogen (secondary N) is 1. The molecule has 19 heavy (non-hydrogen) atoms. The van der Waals surface area contributed by atoms with E-state index in [4.69, 9.17) is 9.84 Å². The quantitative estimate of drug-likeness (QED) is 0.294. The van der Waals surface area contributed by atoms with Crippen LogP contribution in [0.2, 0.25) is 0 Å². The first-order valence-corrected chi connectivity index (χ1v) is 5.20. The highest BCUT2D eigenvalue weighted by Crippen LogP contribution is 2.38. The summed E-state index contributed by atoms with van der Waals surface area (Å²) in [5, 5.41) is 47.9. The Kier molecular flexibility index (Phi) is 3.09. The molecule has 1 aliphatic rings. The summed E-state index contributed by atoms with van der Waals surface area (Å²) >= 11 is 0. The summed E-state index contributed by atoms with van der Waals surface area (Å²) in [6.45, 7) is -0.829. The first-order valence-electron chi connectivity index (χ1n) is 5.20. The van der Waals surface area contributed by atoms with E-state index in [1.54, 1.807) is 4.98 Å². The molecule has 0 radical (unpaired) electrons. The fraction of sp³-hybridized carbons (Fsp3) is 0.556. The molecule has 2 rings (SSSR count). The predicted octanol–water partition coefficient (Wildman–Crippen LogP) is -4.43. The van der Waals surface area contributed by atoms with Gasteiger partial charge in [0.15, 0.2) is 0 Å². The van der Waals surface area contributed by atoms with E-state index in [-0.39, 0.29) is 4.57 Å². The Bertz CT molecular complexity index is 592. The normalized spacial score (nSPS) is 33.5. The van der Waals surface area contributed by atoms with Crippen LogP contribution in [0.5, 0.6) is 0 Å². The van der Waals surface area contributed by atoms with Crippen LogP contribution in [0.25, 0.3) is 0 Å². The van der Waals surface area contributed by atoms with Gasteiger partial charge in [0.1, 0.15) is 12.2 Å². The van der Waals surface area contributed by atoms with Gasteiger partial charge >= 0.3 is 11.6 Å². The molecule has 1 aromatic heterocycles. The minimum Gasteiger partial charge on any atom is -0.394 e. The van der Waals surface area contributed by atoms with Gasteiger partial charge in [-0.1, -0.05) is 0 Å². The topological polar surface area (TPSA) is 165 Å². The van der Waals surface area contributed by atoms with E-state index in [0.717, 1.165) is 12.3 Å². The molecule has 10 nitrogen and oxygen atoms in total. The number of hydrogen-bond acceptors (Lipinski definition) is 8. The molecular formula is C9H12N2O8. The summed E-state index contributed by atoms with van der Waals surface area (Å²) < 4.78 is 5.01. The van der Waals surface area contributed by atoms with Gasteiger partial charge < -0.3 is 30.3 Å². The van der Waals surface area contributed by atoms with Crippen molar-refractivity contribution in [3.05, 3.63) is 33.1 Å². The Labute approximate surface area is 104 Å². The molecule has 10 heteroatoms.